The molecule has 0 aromatic carbocycles. The van der Waals surface area contributed by atoms with Gasteiger partial charge in [0.15, 0.2) is 0 Å². The molecule has 2 fully saturated rings. The summed E-state index contributed by atoms with van der Waals surface area (Å²) in [5, 5.41) is 8.98. The van der Waals surface area contributed by atoms with Crippen LogP contribution >= 0.6 is 0 Å². The van der Waals surface area contributed by atoms with Gasteiger partial charge in [0, 0.05) is 70.3 Å². The summed E-state index contributed by atoms with van der Waals surface area (Å²) in [6, 6.07) is 0. The quantitative estimate of drug-likeness (QED) is 0.804. The van der Waals surface area contributed by atoms with Gasteiger partial charge in [0.2, 0.25) is 5.91 Å². The highest BCUT2D eigenvalue weighted by atomic mass is 16.3. The van der Waals surface area contributed by atoms with Crippen LogP contribution < -0.4 is 0 Å². The normalized spacial score (nSPS) is 21.1. The third-order valence-corrected chi connectivity index (χ3v) is 5.09. The molecule has 24 heavy (non-hydrogen) atoms. The third-order valence-electron chi connectivity index (χ3n) is 5.09. The van der Waals surface area contributed by atoms with Gasteiger partial charge in [0.25, 0.3) is 0 Å². The fraction of sp³-hybridized carbons (Fsp3) is 0.706. The van der Waals surface area contributed by atoms with Crippen molar-refractivity contribution in [3.05, 3.63) is 24.3 Å². The lowest BCUT2D eigenvalue weighted by Gasteiger charge is -2.36. The minimum Gasteiger partial charge on any atom is -0.395 e. The zero-order chi connectivity index (χ0) is 16.8. The van der Waals surface area contributed by atoms with Gasteiger partial charge < -0.3 is 10.0 Å². The zero-order valence-electron chi connectivity index (χ0n) is 14.2. The number of carbonyl (C=O) groups excluding carboxylic acids is 1. The van der Waals surface area contributed by atoms with Crippen molar-refractivity contribution in [2.24, 2.45) is 0 Å². The number of aromatic nitrogens is 2. The van der Waals surface area contributed by atoms with Crippen LogP contribution in [-0.2, 0) is 4.79 Å². The van der Waals surface area contributed by atoms with Crippen LogP contribution in [0, 0.1) is 0 Å². The van der Waals surface area contributed by atoms with Crippen LogP contribution in [0.4, 0.5) is 0 Å². The van der Waals surface area contributed by atoms with E-state index < -0.39 is 0 Å². The highest BCUT2D eigenvalue weighted by molar-refractivity contribution is 5.78. The lowest BCUT2D eigenvalue weighted by atomic mass is 9.94. The number of rotatable bonds is 5. The fourth-order valence-corrected chi connectivity index (χ4v) is 3.55. The predicted octanol–water partition coefficient (Wildman–Crippen LogP) is -0.207. The molecule has 132 valence electrons. The number of hydrogen-bond acceptors (Lipinski definition) is 6. The molecule has 0 radical (unpaired) electrons. The first-order valence-electron chi connectivity index (χ1n) is 8.85. The Balaban J connectivity index is 1.41. The molecule has 0 aliphatic carbocycles. The molecule has 2 saturated heterocycles. The van der Waals surface area contributed by atoms with Gasteiger partial charge >= 0.3 is 0 Å². The Bertz CT molecular complexity index is 511. The van der Waals surface area contributed by atoms with Crippen molar-refractivity contribution >= 4 is 5.91 Å². The van der Waals surface area contributed by atoms with E-state index in [4.69, 9.17) is 5.11 Å². The number of nitrogens with zero attached hydrogens (tertiary/aromatic N) is 5. The summed E-state index contributed by atoms with van der Waals surface area (Å²) in [4.78, 5) is 27.5. The van der Waals surface area contributed by atoms with Crippen molar-refractivity contribution < 1.29 is 9.90 Å². The van der Waals surface area contributed by atoms with Gasteiger partial charge in [-0.2, -0.15) is 0 Å². The first-order chi connectivity index (χ1) is 11.8. The molecular formula is C17H27N5O2. The van der Waals surface area contributed by atoms with Crippen molar-refractivity contribution in [3.63, 3.8) is 0 Å². The van der Waals surface area contributed by atoms with Crippen LogP contribution in [0.2, 0.25) is 0 Å². The lowest BCUT2D eigenvalue weighted by molar-refractivity contribution is -0.134. The summed E-state index contributed by atoms with van der Waals surface area (Å²) >= 11 is 0. The summed E-state index contributed by atoms with van der Waals surface area (Å²) in [6.07, 6.45) is 7.21. The van der Waals surface area contributed by atoms with Crippen LogP contribution in [0.25, 0.3) is 0 Å². The first kappa shape index (κ1) is 17.3. The minimum absolute atomic E-state index is 0.208. The molecule has 1 aromatic heterocycles. The Labute approximate surface area is 143 Å². The Morgan fingerprint density at radius 1 is 1.08 bits per heavy atom. The van der Waals surface area contributed by atoms with Gasteiger partial charge in [0.05, 0.1) is 18.8 Å². The molecule has 3 heterocycles. The van der Waals surface area contributed by atoms with E-state index in [-0.39, 0.29) is 12.5 Å². The molecule has 3 rings (SSSR count). The second-order valence-electron chi connectivity index (χ2n) is 6.63. The van der Waals surface area contributed by atoms with E-state index in [2.05, 4.69) is 19.8 Å². The Morgan fingerprint density at radius 2 is 1.79 bits per heavy atom. The molecule has 1 N–H and O–H groups in total. The van der Waals surface area contributed by atoms with E-state index in [1.165, 1.54) is 0 Å². The summed E-state index contributed by atoms with van der Waals surface area (Å²) in [6.45, 7) is 6.75. The van der Waals surface area contributed by atoms with E-state index in [0.29, 0.717) is 12.5 Å². The number of piperidine rings is 1. The molecule has 2 aliphatic rings. The van der Waals surface area contributed by atoms with Crippen molar-refractivity contribution in [2.75, 3.05) is 59.0 Å². The molecule has 0 spiro atoms. The molecule has 0 bridgehead atoms. The van der Waals surface area contributed by atoms with Crippen molar-refractivity contribution in [2.45, 2.75) is 18.8 Å². The summed E-state index contributed by atoms with van der Waals surface area (Å²) < 4.78 is 0. The number of piperazine rings is 1. The Kier molecular flexibility index (Phi) is 6.12. The van der Waals surface area contributed by atoms with Crippen LogP contribution in [0.1, 0.15) is 24.5 Å². The van der Waals surface area contributed by atoms with Gasteiger partial charge in [-0.15, -0.1) is 0 Å². The van der Waals surface area contributed by atoms with E-state index in [1.54, 1.807) is 12.4 Å². The van der Waals surface area contributed by atoms with Gasteiger partial charge in [0.1, 0.15) is 0 Å². The maximum Gasteiger partial charge on any atom is 0.236 e. The molecule has 1 aromatic rings. The molecule has 2 aliphatic heterocycles. The van der Waals surface area contributed by atoms with Crippen molar-refractivity contribution in [3.8, 4) is 0 Å². The number of aliphatic hydroxyl groups excluding tert-OH is 1. The van der Waals surface area contributed by atoms with Crippen molar-refractivity contribution in [1.29, 1.82) is 0 Å². The lowest BCUT2D eigenvalue weighted by Crippen LogP contribution is -2.51. The Hall–Kier alpha value is -1.57. The zero-order valence-corrected chi connectivity index (χ0v) is 14.2. The maximum absolute atomic E-state index is 12.5. The minimum atomic E-state index is 0.208. The number of hydrogen-bond donors (Lipinski definition) is 1. The molecule has 7 nitrogen and oxygen atoms in total. The highest BCUT2D eigenvalue weighted by Crippen LogP contribution is 2.26. The molecule has 7 heteroatoms. The topological polar surface area (TPSA) is 72.8 Å². The average molecular weight is 333 g/mol. The fourth-order valence-electron chi connectivity index (χ4n) is 3.55. The Morgan fingerprint density at radius 3 is 2.42 bits per heavy atom. The third kappa shape index (κ3) is 4.49. The molecule has 0 atom stereocenters. The van der Waals surface area contributed by atoms with Crippen LogP contribution in [0.3, 0.4) is 0 Å². The summed E-state index contributed by atoms with van der Waals surface area (Å²) in [7, 11) is 0. The average Bonchev–Trinajstić information content (AvgIpc) is 2.64. The van der Waals surface area contributed by atoms with Crippen LogP contribution in [0.5, 0.6) is 0 Å². The van der Waals surface area contributed by atoms with Gasteiger partial charge in [-0.3, -0.25) is 24.6 Å². The van der Waals surface area contributed by atoms with Gasteiger partial charge in [-0.25, -0.2) is 0 Å². The number of amides is 1. The molecule has 0 unspecified atom stereocenters. The molecule has 0 saturated carbocycles. The highest BCUT2D eigenvalue weighted by Gasteiger charge is 2.26. The number of carbonyl (C=O) groups is 1. The number of aliphatic hydroxyl groups is 1. The van der Waals surface area contributed by atoms with E-state index >= 15 is 0 Å². The summed E-state index contributed by atoms with van der Waals surface area (Å²) in [5.74, 6) is 0.660. The predicted molar refractivity (Wildman–Crippen MR) is 90.6 cm³/mol. The van der Waals surface area contributed by atoms with E-state index in [9.17, 15) is 4.79 Å². The van der Waals surface area contributed by atoms with Crippen LogP contribution in [-0.4, -0.2) is 94.6 Å². The molecular weight excluding hydrogens is 306 g/mol. The number of likely N-dealkylation sites (tertiary alicyclic amines) is 1. The smallest absolute Gasteiger partial charge is 0.236 e. The second kappa shape index (κ2) is 8.50. The van der Waals surface area contributed by atoms with E-state index in [0.717, 1.165) is 64.3 Å². The maximum atomic E-state index is 12.5. The van der Waals surface area contributed by atoms with Crippen LogP contribution in [0.15, 0.2) is 18.6 Å². The van der Waals surface area contributed by atoms with Gasteiger partial charge in [-0.05, 0) is 12.8 Å². The molecule has 1 amide bonds. The number of β-amino-alcohol motifs (C(OH)–C–C–N with tert-alkyl or cyclic N) is 1. The largest absolute Gasteiger partial charge is 0.395 e. The summed E-state index contributed by atoms with van der Waals surface area (Å²) in [5.41, 5.74) is 1.05. The standard InChI is InChI=1S/C17H27N5O2/c23-12-11-20-7-9-21(10-8-20)14-17(24)22-5-1-15(2-6-22)16-13-18-3-4-19-16/h3-4,13,15,23H,1-2,5-12,14H2. The van der Waals surface area contributed by atoms with Gasteiger partial charge in [-0.1, -0.05) is 0 Å². The monoisotopic (exact) mass is 333 g/mol. The second-order valence-corrected chi connectivity index (χ2v) is 6.63. The van der Waals surface area contributed by atoms with E-state index in [1.807, 2.05) is 11.1 Å². The van der Waals surface area contributed by atoms with Crippen molar-refractivity contribution in [1.82, 2.24) is 24.7 Å². The first-order valence-corrected chi connectivity index (χ1v) is 8.85. The SMILES string of the molecule is O=C(CN1CCN(CCO)CC1)N1CCC(c2cnccn2)CC1.